The molecule has 0 aliphatic rings. The molecule has 0 radical (unpaired) electrons. The normalized spacial score (nSPS) is 14.3. The van der Waals surface area contributed by atoms with E-state index in [1.54, 1.807) is 12.2 Å². The molecule has 0 aromatic rings. The van der Waals surface area contributed by atoms with Crippen molar-refractivity contribution >= 4 is 5.71 Å². The highest BCUT2D eigenvalue weighted by atomic mass is 15.3. The third-order valence-corrected chi connectivity index (χ3v) is 2.10. The van der Waals surface area contributed by atoms with Crippen LogP contribution < -0.4 is 5.43 Å². The minimum absolute atomic E-state index is 0.853. The van der Waals surface area contributed by atoms with Crippen molar-refractivity contribution < 1.29 is 0 Å². The summed E-state index contributed by atoms with van der Waals surface area (Å²) in [6.07, 6.45) is 15.2. The van der Waals surface area contributed by atoms with Gasteiger partial charge in [0.05, 0.1) is 11.4 Å². The minimum Gasteiger partial charge on any atom is -0.278 e. The van der Waals surface area contributed by atoms with Crippen LogP contribution in [0.15, 0.2) is 78.1 Å². The summed E-state index contributed by atoms with van der Waals surface area (Å²) in [5, 5.41) is 4.31. The Kier molecular flexibility index (Phi) is 8.92. The summed E-state index contributed by atoms with van der Waals surface area (Å²) in [5.41, 5.74) is 5.74. The second-order valence-corrected chi connectivity index (χ2v) is 3.52. The molecule has 0 amide bonds. The van der Waals surface area contributed by atoms with Crippen LogP contribution in [0.3, 0.4) is 0 Å². The van der Waals surface area contributed by atoms with Gasteiger partial charge < -0.3 is 0 Å². The summed E-state index contributed by atoms with van der Waals surface area (Å²) in [4.78, 5) is 0. The predicted molar refractivity (Wildman–Crippen MR) is 82.4 cm³/mol. The number of rotatable bonds is 7. The highest BCUT2D eigenvalue weighted by molar-refractivity contribution is 6.00. The number of hydrogen-bond donors (Lipinski definition) is 1. The quantitative estimate of drug-likeness (QED) is 0.402. The minimum atomic E-state index is 0.853. The van der Waals surface area contributed by atoms with Crippen LogP contribution in [-0.4, -0.2) is 5.71 Å². The molecule has 0 atom stereocenters. The van der Waals surface area contributed by atoms with Gasteiger partial charge in [-0.15, -0.1) is 0 Å². The van der Waals surface area contributed by atoms with Gasteiger partial charge in [0.1, 0.15) is 0 Å². The third-order valence-electron chi connectivity index (χ3n) is 2.10. The SMILES string of the molecule is C=C/C=C(\C=C/C)C(/C)=N\N/C(C=C)=C/C=C\C. The molecule has 2 heteroatoms. The smallest absolute Gasteiger partial charge is 0.0648 e. The van der Waals surface area contributed by atoms with Gasteiger partial charge in [0.2, 0.25) is 0 Å². The van der Waals surface area contributed by atoms with Crippen molar-refractivity contribution in [3.63, 3.8) is 0 Å². The molecule has 0 aromatic carbocycles. The maximum Gasteiger partial charge on any atom is 0.0648 e. The Morgan fingerprint density at radius 3 is 2.33 bits per heavy atom. The lowest BCUT2D eigenvalue weighted by molar-refractivity contribution is 0.916. The lowest BCUT2D eigenvalue weighted by Gasteiger charge is -2.04. The van der Waals surface area contributed by atoms with Crippen molar-refractivity contribution in [3.05, 3.63) is 73.0 Å². The van der Waals surface area contributed by atoms with Gasteiger partial charge in [-0.1, -0.05) is 49.6 Å². The monoisotopic (exact) mass is 242 g/mol. The largest absolute Gasteiger partial charge is 0.278 e. The molecule has 0 spiro atoms. The molecule has 0 aliphatic heterocycles. The average molecular weight is 242 g/mol. The zero-order valence-corrected chi connectivity index (χ0v) is 11.5. The molecule has 18 heavy (non-hydrogen) atoms. The van der Waals surface area contributed by atoms with Crippen LogP contribution in [0.1, 0.15) is 20.8 Å². The predicted octanol–water partition coefficient (Wildman–Crippen LogP) is 4.29. The molecule has 0 aromatic heterocycles. The fourth-order valence-corrected chi connectivity index (χ4v) is 1.17. The Morgan fingerprint density at radius 2 is 1.83 bits per heavy atom. The summed E-state index contributed by atoms with van der Waals surface area (Å²) >= 11 is 0. The van der Waals surface area contributed by atoms with Crippen molar-refractivity contribution in [2.24, 2.45) is 5.10 Å². The first-order valence-electron chi connectivity index (χ1n) is 5.91. The van der Waals surface area contributed by atoms with Crippen molar-refractivity contribution in [1.29, 1.82) is 0 Å². The third kappa shape index (κ3) is 6.48. The van der Waals surface area contributed by atoms with Crippen molar-refractivity contribution in [2.75, 3.05) is 0 Å². The highest BCUT2D eigenvalue weighted by Crippen LogP contribution is 2.02. The number of hydrazone groups is 1. The first-order valence-corrected chi connectivity index (χ1v) is 5.91. The van der Waals surface area contributed by atoms with Crippen molar-refractivity contribution in [3.8, 4) is 0 Å². The lowest BCUT2D eigenvalue weighted by Crippen LogP contribution is -2.07. The van der Waals surface area contributed by atoms with Crippen LogP contribution >= 0.6 is 0 Å². The van der Waals surface area contributed by atoms with E-state index in [4.69, 9.17) is 0 Å². The van der Waals surface area contributed by atoms with Crippen LogP contribution in [0.25, 0.3) is 0 Å². The molecule has 0 rings (SSSR count). The van der Waals surface area contributed by atoms with Crippen LogP contribution in [0.2, 0.25) is 0 Å². The molecular weight excluding hydrogens is 220 g/mol. The zero-order chi connectivity index (χ0) is 13.8. The summed E-state index contributed by atoms with van der Waals surface area (Å²) in [6, 6.07) is 0. The van der Waals surface area contributed by atoms with Crippen LogP contribution in [-0.2, 0) is 0 Å². The Morgan fingerprint density at radius 1 is 1.11 bits per heavy atom. The van der Waals surface area contributed by atoms with Crippen molar-refractivity contribution in [1.82, 2.24) is 5.43 Å². The summed E-state index contributed by atoms with van der Waals surface area (Å²) in [6.45, 7) is 13.3. The van der Waals surface area contributed by atoms with Gasteiger partial charge in [0.25, 0.3) is 0 Å². The molecule has 0 fully saturated rings. The highest BCUT2D eigenvalue weighted by Gasteiger charge is 1.96. The van der Waals surface area contributed by atoms with E-state index in [2.05, 4.69) is 23.7 Å². The second-order valence-electron chi connectivity index (χ2n) is 3.52. The molecule has 0 unspecified atom stereocenters. The molecule has 96 valence electrons. The first kappa shape index (κ1) is 15.9. The number of allylic oxidation sites excluding steroid dienone is 9. The molecule has 2 nitrogen and oxygen atoms in total. The van der Waals surface area contributed by atoms with Gasteiger partial charge in [-0.05, 0) is 38.5 Å². The first-order chi connectivity index (χ1) is 8.69. The van der Waals surface area contributed by atoms with E-state index in [1.807, 2.05) is 57.2 Å². The van der Waals surface area contributed by atoms with Crippen LogP contribution in [0, 0.1) is 0 Å². The Balaban J connectivity index is 4.91. The van der Waals surface area contributed by atoms with Crippen LogP contribution in [0.4, 0.5) is 0 Å². The Labute approximate surface area is 110 Å². The number of nitrogens with one attached hydrogen (secondary N) is 1. The number of nitrogens with zero attached hydrogens (tertiary/aromatic N) is 1. The zero-order valence-electron chi connectivity index (χ0n) is 11.5. The van der Waals surface area contributed by atoms with E-state index in [-0.39, 0.29) is 0 Å². The van der Waals surface area contributed by atoms with E-state index in [1.165, 1.54) is 0 Å². The maximum absolute atomic E-state index is 4.31. The van der Waals surface area contributed by atoms with Gasteiger partial charge >= 0.3 is 0 Å². The fourth-order valence-electron chi connectivity index (χ4n) is 1.17. The van der Waals surface area contributed by atoms with Crippen molar-refractivity contribution in [2.45, 2.75) is 20.8 Å². The summed E-state index contributed by atoms with van der Waals surface area (Å²) in [5.74, 6) is 0. The molecule has 0 saturated heterocycles. The molecule has 0 heterocycles. The van der Waals surface area contributed by atoms with Gasteiger partial charge in [-0.25, -0.2) is 0 Å². The van der Waals surface area contributed by atoms with E-state index < -0.39 is 0 Å². The van der Waals surface area contributed by atoms with Gasteiger partial charge in [0, 0.05) is 0 Å². The topological polar surface area (TPSA) is 24.4 Å². The maximum atomic E-state index is 4.31. The van der Waals surface area contributed by atoms with E-state index >= 15 is 0 Å². The van der Waals surface area contributed by atoms with E-state index in [9.17, 15) is 0 Å². The van der Waals surface area contributed by atoms with Crippen LogP contribution in [0.5, 0.6) is 0 Å². The summed E-state index contributed by atoms with van der Waals surface area (Å²) in [7, 11) is 0. The van der Waals surface area contributed by atoms with Gasteiger partial charge in [0.15, 0.2) is 0 Å². The molecular formula is C16H22N2. The fraction of sp³-hybridized carbons (Fsp3) is 0.188. The lowest BCUT2D eigenvalue weighted by atomic mass is 10.1. The number of hydrogen-bond acceptors (Lipinski definition) is 2. The molecule has 0 saturated carbocycles. The molecule has 0 aliphatic carbocycles. The molecule has 1 N–H and O–H groups in total. The second kappa shape index (κ2) is 10.1. The standard InChI is InChI=1S/C16H22N2/c1-6-10-13-16(9-4)18-17-14(5)15(11-7-2)12-8-3/h6-13,18H,2,4H2,1,3,5H3/b10-6-,12-8-,15-11+,16-13+,17-14-. The average Bonchev–Trinajstić information content (AvgIpc) is 2.38. The van der Waals surface area contributed by atoms with Gasteiger partial charge in [-0.2, -0.15) is 5.10 Å². The summed E-state index contributed by atoms with van der Waals surface area (Å²) < 4.78 is 0. The van der Waals surface area contributed by atoms with E-state index in [0.29, 0.717) is 0 Å². The Hall–Kier alpha value is -2.09. The Bertz CT molecular complexity index is 418. The van der Waals surface area contributed by atoms with E-state index in [0.717, 1.165) is 17.0 Å². The van der Waals surface area contributed by atoms with Gasteiger partial charge in [-0.3, -0.25) is 5.43 Å². The molecule has 0 bridgehead atoms.